The van der Waals surface area contributed by atoms with E-state index in [4.69, 9.17) is 0 Å². The van der Waals surface area contributed by atoms with Crippen LogP contribution in [-0.2, 0) is 0 Å². The summed E-state index contributed by atoms with van der Waals surface area (Å²) in [6, 6.07) is 0. The number of hydrogen-bond acceptors (Lipinski definition) is 0. The molecule has 7 aliphatic rings. The minimum atomic E-state index is 1.02. The lowest BCUT2D eigenvalue weighted by Gasteiger charge is -2.58. The minimum absolute atomic E-state index is 1.02. The van der Waals surface area contributed by atoms with Gasteiger partial charge in [0, 0.05) is 0 Å². The molecule has 0 spiro atoms. The number of hydrogen-bond donors (Lipinski definition) is 0. The minimum Gasteiger partial charge on any atom is -0.0848 e. The van der Waals surface area contributed by atoms with E-state index in [1.54, 1.807) is 38.5 Å². The van der Waals surface area contributed by atoms with Crippen molar-refractivity contribution in [2.45, 2.75) is 38.5 Å². The smallest absolute Gasteiger partial charge is 0.0194 e. The second-order valence-electron chi connectivity index (χ2n) is 9.72. The van der Waals surface area contributed by atoms with Crippen molar-refractivity contribution in [2.75, 3.05) is 0 Å². The molecule has 0 aromatic carbocycles. The predicted octanol–water partition coefficient (Wildman–Crippen LogP) is 4.37. The molecule has 0 aliphatic heterocycles. The Hall–Kier alpha value is -0.260. The lowest BCUT2D eigenvalue weighted by atomic mass is 9.47. The highest BCUT2D eigenvalue weighted by Gasteiger charge is 2.70. The molecule has 20 heavy (non-hydrogen) atoms. The zero-order valence-electron chi connectivity index (χ0n) is 12.3. The van der Waals surface area contributed by atoms with E-state index in [9.17, 15) is 0 Å². The van der Waals surface area contributed by atoms with Gasteiger partial charge >= 0.3 is 0 Å². The zero-order valence-corrected chi connectivity index (χ0v) is 12.3. The molecule has 0 heteroatoms. The number of rotatable bonds is 0. The van der Waals surface area contributed by atoms with Gasteiger partial charge < -0.3 is 0 Å². The van der Waals surface area contributed by atoms with Gasteiger partial charge in [-0.2, -0.15) is 0 Å². The van der Waals surface area contributed by atoms with E-state index in [2.05, 4.69) is 12.2 Å². The first kappa shape index (κ1) is 10.5. The van der Waals surface area contributed by atoms with Gasteiger partial charge in [-0.05, 0) is 110 Å². The Kier molecular flexibility index (Phi) is 1.61. The van der Waals surface area contributed by atoms with Crippen LogP contribution in [0, 0.1) is 71.0 Å². The van der Waals surface area contributed by atoms with E-state index in [1.165, 1.54) is 47.3 Å². The molecule has 7 rings (SSSR count). The topological polar surface area (TPSA) is 0 Å². The summed E-state index contributed by atoms with van der Waals surface area (Å²) in [6.45, 7) is 0. The van der Waals surface area contributed by atoms with E-state index in [1.807, 2.05) is 0 Å². The second-order valence-corrected chi connectivity index (χ2v) is 9.72. The summed E-state index contributed by atoms with van der Waals surface area (Å²) in [4.78, 5) is 0. The summed E-state index contributed by atoms with van der Waals surface area (Å²) < 4.78 is 0. The summed E-state index contributed by atoms with van der Waals surface area (Å²) in [5.41, 5.74) is 0. The molecule has 12 unspecified atom stereocenters. The number of fused-ring (bicyclic) bond motifs is 13. The summed E-state index contributed by atoms with van der Waals surface area (Å²) in [6.07, 6.45) is 15.0. The second kappa shape index (κ2) is 3.08. The molecular weight excluding hydrogens is 240 g/mol. The third-order valence-corrected chi connectivity index (χ3v) is 9.79. The van der Waals surface area contributed by atoms with Crippen LogP contribution in [0.4, 0.5) is 0 Å². The van der Waals surface area contributed by atoms with Crippen LogP contribution in [0.3, 0.4) is 0 Å². The molecule has 6 fully saturated rings. The largest absolute Gasteiger partial charge is 0.0848 e. The van der Waals surface area contributed by atoms with Gasteiger partial charge in [-0.15, -0.1) is 0 Å². The fourth-order valence-electron chi connectivity index (χ4n) is 9.70. The normalized spacial score (nSPS) is 73.6. The van der Waals surface area contributed by atoms with Gasteiger partial charge in [0.25, 0.3) is 0 Å². The van der Waals surface area contributed by atoms with Crippen molar-refractivity contribution in [2.24, 2.45) is 71.0 Å². The third kappa shape index (κ3) is 0.914. The Morgan fingerprint density at radius 3 is 1.90 bits per heavy atom. The Labute approximate surface area is 122 Å². The van der Waals surface area contributed by atoms with Crippen LogP contribution in [-0.4, -0.2) is 0 Å². The van der Waals surface area contributed by atoms with Gasteiger partial charge in [0.05, 0.1) is 0 Å². The number of allylic oxidation sites excluding steroid dienone is 2. The molecule has 7 aliphatic carbocycles. The van der Waals surface area contributed by atoms with Crippen LogP contribution in [0.5, 0.6) is 0 Å². The first-order valence-electron chi connectivity index (χ1n) is 9.58. The maximum Gasteiger partial charge on any atom is -0.0194 e. The lowest BCUT2D eigenvalue weighted by molar-refractivity contribution is -0.0959. The summed E-state index contributed by atoms with van der Waals surface area (Å²) in [5, 5.41) is 0. The van der Waals surface area contributed by atoms with Gasteiger partial charge in [-0.3, -0.25) is 0 Å². The Morgan fingerprint density at radius 2 is 1.10 bits per heavy atom. The van der Waals surface area contributed by atoms with Crippen molar-refractivity contribution >= 4 is 0 Å². The zero-order chi connectivity index (χ0) is 12.6. The van der Waals surface area contributed by atoms with Crippen LogP contribution in [0.1, 0.15) is 38.5 Å². The van der Waals surface area contributed by atoms with Crippen molar-refractivity contribution in [3.05, 3.63) is 12.2 Å². The van der Waals surface area contributed by atoms with Crippen LogP contribution >= 0.6 is 0 Å². The third-order valence-electron chi connectivity index (χ3n) is 9.79. The van der Waals surface area contributed by atoms with Crippen molar-refractivity contribution in [3.8, 4) is 0 Å². The molecule has 6 saturated carbocycles. The maximum atomic E-state index is 2.63. The standard InChI is InChI=1S/C20H26/c1-2-10-5-9(1)18-14-8-16(19(10)18)20-13(14)6-11-3-4-12-7-15(20)17(11)12/h1-2,9-20H,3-8H2. The molecule has 0 heterocycles. The molecule has 0 nitrogen and oxygen atoms in total. The van der Waals surface area contributed by atoms with Crippen molar-refractivity contribution in [1.29, 1.82) is 0 Å². The molecule has 0 aromatic rings. The summed E-state index contributed by atoms with van der Waals surface area (Å²) in [5.74, 6) is 14.0. The van der Waals surface area contributed by atoms with Crippen LogP contribution < -0.4 is 0 Å². The van der Waals surface area contributed by atoms with Gasteiger partial charge in [0.15, 0.2) is 0 Å². The van der Waals surface area contributed by atoms with Gasteiger partial charge in [0.2, 0.25) is 0 Å². The fraction of sp³-hybridized carbons (Fsp3) is 0.900. The van der Waals surface area contributed by atoms with Crippen LogP contribution in [0.15, 0.2) is 12.2 Å². The maximum absolute atomic E-state index is 2.63. The first-order chi connectivity index (χ1) is 9.90. The summed E-state index contributed by atoms with van der Waals surface area (Å²) in [7, 11) is 0. The van der Waals surface area contributed by atoms with E-state index >= 15 is 0 Å². The average molecular weight is 266 g/mol. The molecule has 0 N–H and O–H groups in total. The molecule has 4 bridgehead atoms. The highest BCUT2D eigenvalue weighted by atomic mass is 14.7. The molecule has 12 atom stereocenters. The van der Waals surface area contributed by atoms with Gasteiger partial charge in [-0.25, -0.2) is 0 Å². The van der Waals surface area contributed by atoms with E-state index in [0.717, 1.165) is 23.7 Å². The van der Waals surface area contributed by atoms with Gasteiger partial charge in [0.1, 0.15) is 0 Å². The first-order valence-corrected chi connectivity index (χ1v) is 9.58. The Morgan fingerprint density at radius 1 is 0.500 bits per heavy atom. The molecule has 0 radical (unpaired) electrons. The highest BCUT2D eigenvalue weighted by molar-refractivity contribution is 5.24. The molecule has 106 valence electrons. The van der Waals surface area contributed by atoms with Gasteiger partial charge in [-0.1, -0.05) is 12.2 Å². The molecule has 0 aromatic heterocycles. The predicted molar refractivity (Wildman–Crippen MR) is 78.7 cm³/mol. The monoisotopic (exact) mass is 266 g/mol. The van der Waals surface area contributed by atoms with Crippen molar-refractivity contribution < 1.29 is 0 Å². The lowest BCUT2D eigenvalue weighted by Crippen LogP contribution is -2.52. The van der Waals surface area contributed by atoms with E-state index in [0.29, 0.717) is 0 Å². The summed E-state index contributed by atoms with van der Waals surface area (Å²) >= 11 is 0. The SMILES string of the molecule is C1=CC2CC1C1C3CC(C4C3CC3CCC5CC4C35)C21. The molecular formula is C20H26. The fourth-order valence-corrected chi connectivity index (χ4v) is 9.70. The molecule has 0 saturated heterocycles. The molecule has 0 amide bonds. The van der Waals surface area contributed by atoms with Crippen molar-refractivity contribution in [3.63, 3.8) is 0 Å². The van der Waals surface area contributed by atoms with E-state index < -0.39 is 0 Å². The van der Waals surface area contributed by atoms with Crippen LogP contribution in [0.2, 0.25) is 0 Å². The average Bonchev–Trinajstić information content (AvgIpc) is 3.18. The quantitative estimate of drug-likeness (QED) is 0.451. The Bertz CT molecular complexity index is 518. The Balaban J connectivity index is 1.33. The van der Waals surface area contributed by atoms with Crippen LogP contribution in [0.25, 0.3) is 0 Å². The highest BCUT2D eigenvalue weighted by Crippen LogP contribution is 2.76. The van der Waals surface area contributed by atoms with E-state index in [-0.39, 0.29) is 0 Å². The van der Waals surface area contributed by atoms with Crippen molar-refractivity contribution in [1.82, 2.24) is 0 Å².